The standard InChI is InChI=1S/C15H18N2OS/c19-15(17-11-4-2-1-3-5-11)16-8-10-6-9-7-12(10)14-13(9)18-14/h1-5,9-10,12-14H,6-8H2,(H2,16,17,19)/t9-,10-,12+,13-,14+/m0/s1. The third-order valence-electron chi connectivity index (χ3n) is 4.79. The molecule has 3 aliphatic rings. The zero-order valence-electron chi connectivity index (χ0n) is 10.7. The van der Waals surface area contributed by atoms with Crippen LogP contribution < -0.4 is 10.6 Å². The van der Waals surface area contributed by atoms with E-state index in [-0.39, 0.29) is 0 Å². The molecule has 2 aliphatic carbocycles. The van der Waals surface area contributed by atoms with Gasteiger partial charge in [-0.05, 0) is 54.9 Å². The van der Waals surface area contributed by atoms with E-state index < -0.39 is 0 Å². The highest BCUT2D eigenvalue weighted by Gasteiger charge is 2.62. The van der Waals surface area contributed by atoms with Crippen LogP contribution in [0, 0.1) is 17.8 Å². The number of fused-ring (bicyclic) bond motifs is 5. The molecule has 0 aromatic heterocycles. The van der Waals surface area contributed by atoms with Crippen LogP contribution in [-0.4, -0.2) is 23.9 Å². The summed E-state index contributed by atoms with van der Waals surface area (Å²) in [5.41, 5.74) is 1.04. The number of thiocarbonyl (C=S) groups is 1. The number of benzene rings is 1. The van der Waals surface area contributed by atoms with Crippen LogP contribution in [0.3, 0.4) is 0 Å². The molecule has 0 unspecified atom stereocenters. The van der Waals surface area contributed by atoms with Gasteiger partial charge in [-0.2, -0.15) is 0 Å². The summed E-state index contributed by atoms with van der Waals surface area (Å²) < 4.78 is 5.70. The van der Waals surface area contributed by atoms with Crippen LogP contribution >= 0.6 is 12.2 Å². The molecule has 1 saturated heterocycles. The van der Waals surface area contributed by atoms with Gasteiger partial charge in [0.1, 0.15) is 0 Å². The van der Waals surface area contributed by atoms with Crippen LogP contribution in [-0.2, 0) is 4.74 Å². The molecule has 2 saturated carbocycles. The lowest BCUT2D eigenvalue weighted by Crippen LogP contribution is -2.35. The number of hydrogen-bond donors (Lipinski definition) is 2. The molecule has 3 fully saturated rings. The molecular weight excluding hydrogens is 256 g/mol. The van der Waals surface area contributed by atoms with Crippen molar-refractivity contribution < 1.29 is 4.74 Å². The fraction of sp³-hybridized carbons (Fsp3) is 0.533. The first-order chi connectivity index (χ1) is 9.31. The molecule has 1 aromatic carbocycles. The lowest BCUT2D eigenvalue weighted by molar-refractivity contribution is 0.250. The molecule has 100 valence electrons. The normalized spacial score (nSPS) is 37.8. The van der Waals surface area contributed by atoms with E-state index in [4.69, 9.17) is 17.0 Å². The maximum Gasteiger partial charge on any atom is 0.170 e. The van der Waals surface area contributed by atoms with Gasteiger partial charge in [0.2, 0.25) is 0 Å². The van der Waals surface area contributed by atoms with Gasteiger partial charge >= 0.3 is 0 Å². The molecule has 1 aromatic rings. The van der Waals surface area contributed by atoms with Gasteiger partial charge in [-0.25, -0.2) is 0 Å². The van der Waals surface area contributed by atoms with Crippen LogP contribution in [0.2, 0.25) is 0 Å². The zero-order valence-corrected chi connectivity index (χ0v) is 11.5. The summed E-state index contributed by atoms with van der Waals surface area (Å²) in [5, 5.41) is 7.31. The van der Waals surface area contributed by atoms with Crippen LogP contribution in [0.25, 0.3) is 0 Å². The van der Waals surface area contributed by atoms with Gasteiger partial charge in [0.15, 0.2) is 5.11 Å². The second kappa shape index (κ2) is 4.46. The summed E-state index contributed by atoms with van der Waals surface area (Å²) in [5.74, 6) is 2.35. The van der Waals surface area contributed by atoms with E-state index in [2.05, 4.69) is 10.6 Å². The minimum absolute atomic E-state index is 0.584. The van der Waals surface area contributed by atoms with Crippen molar-refractivity contribution in [3.63, 3.8) is 0 Å². The average Bonchev–Trinajstić information content (AvgIpc) is 3.04. The highest BCUT2D eigenvalue weighted by Crippen LogP contribution is 2.58. The minimum atomic E-state index is 0.584. The van der Waals surface area contributed by atoms with Gasteiger partial charge in [0, 0.05) is 12.2 Å². The van der Waals surface area contributed by atoms with Crippen molar-refractivity contribution in [3.8, 4) is 0 Å². The fourth-order valence-corrected chi connectivity index (χ4v) is 4.09. The number of anilines is 1. The van der Waals surface area contributed by atoms with Gasteiger partial charge in [-0.15, -0.1) is 0 Å². The Morgan fingerprint density at radius 1 is 1.21 bits per heavy atom. The van der Waals surface area contributed by atoms with E-state index >= 15 is 0 Å². The molecule has 0 radical (unpaired) electrons. The Kier molecular flexibility index (Phi) is 2.74. The molecule has 19 heavy (non-hydrogen) atoms. The van der Waals surface area contributed by atoms with E-state index in [1.54, 1.807) is 0 Å². The smallest absolute Gasteiger partial charge is 0.170 e. The van der Waals surface area contributed by atoms with Gasteiger partial charge in [-0.1, -0.05) is 18.2 Å². The molecule has 0 spiro atoms. The van der Waals surface area contributed by atoms with Crippen molar-refractivity contribution in [1.82, 2.24) is 5.32 Å². The maximum atomic E-state index is 5.70. The van der Waals surface area contributed by atoms with Gasteiger partial charge in [0.05, 0.1) is 12.2 Å². The summed E-state index contributed by atoms with van der Waals surface area (Å²) >= 11 is 5.34. The molecule has 1 heterocycles. The molecule has 4 heteroatoms. The quantitative estimate of drug-likeness (QED) is 0.655. The Morgan fingerprint density at radius 2 is 2.05 bits per heavy atom. The van der Waals surface area contributed by atoms with E-state index in [0.717, 1.165) is 35.1 Å². The number of rotatable bonds is 3. The second-order valence-electron chi connectivity index (χ2n) is 5.92. The molecule has 3 nitrogen and oxygen atoms in total. The summed E-state index contributed by atoms with van der Waals surface area (Å²) in [7, 11) is 0. The Bertz CT molecular complexity index is 492. The monoisotopic (exact) mass is 274 g/mol. The van der Waals surface area contributed by atoms with Crippen LogP contribution in [0.1, 0.15) is 12.8 Å². The van der Waals surface area contributed by atoms with Crippen molar-refractivity contribution in [1.29, 1.82) is 0 Å². The van der Waals surface area contributed by atoms with Crippen molar-refractivity contribution in [3.05, 3.63) is 30.3 Å². The third-order valence-corrected chi connectivity index (χ3v) is 5.04. The average molecular weight is 274 g/mol. The largest absolute Gasteiger partial charge is 0.369 e. The lowest BCUT2D eigenvalue weighted by atomic mass is 9.89. The Hall–Kier alpha value is -1.13. The first-order valence-electron chi connectivity index (χ1n) is 7.06. The van der Waals surface area contributed by atoms with Gasteiger partial charge in [-0.3, -0.25) is 0 Å². The van der Waals surface area contributed by atoms with Crippen molar-refractivity contribution in [2.24, 2.45) is 17.8 Å². The molecule has 2 bridgehead atoms. The SMILES string of the molecule is S=C(NC[C@@H]1C[C@H]2C[C@H]1[C@H]1O[C@@H]21)Nc1ccccc1. The predicted molar refractivity (Wildman–Crippen MR) is 79.0 cm³/mol. The minimum Gasteiger partial charge on any atom is -0.369 e. The summed E-state index contributed by atoms with van der Waals surface area (Å²) in [6.45, 7) is 0.979. The van der Waals surface area contributed by atoms with Crippen LogP contribution in [0.5, 0.6) is 0 Å². The summed E-state index contributed by atoms with van der Waals surface area (Å²) in [4.78, 5) is 0. The molecule has 0 amide bonds. The maximum absolute atomic E-state index is 5.70. The van der Waals surface area contributed by atoms with E-state index in [0.29, 0.717) is 12.2 Å². The van der Waals surface area contributed by atoms with Gasteiger partial charge < -0.3 is 15.4 Å². The first-order valence-corrected chi connectivity index (χ1v) is 7.47. The molecule has 2 N–H and O–H groups in total. The number of epoxide rings is 1. The predicted octanol–water partition coefficient (Wildman–Crippen LogP) is 2.40. The highest BCUT2D eigenvalue weighted by molar-refractivity contribution is 7.80. The number of para-hydroxylation sites is 1. The van der Waals surface area contributed by atoms with Crippen molar-refractivity contribution >= 4 is 23.0 Å². The van der Waals surface area contributed by atoms with E-state index in [1.165, 1.54) is 12.8 Å². The summed E-state index contributed by atoms with van der Waals surface area (Å²) in [6.07, 6.45) is 3.89. The number of ether oxygens (including phenoxy) is 1. The molecule has 5 atom stereocenters. The van der Waals surface area contributed by atoms with E-state index in [9.17, 15) is 0 Å². The molecule has 4 rings (SSSR count). The second-order valence-corrected chi connectivity index (χ2v) is 6.33. The Balaban J connectivity index is 1.28. The van der Waals surface area contributed by atoms with Crippen molar-refractivity contribution in [2.45, 2.75) is 25.0 Å². The van der Waals surface area contributed by atoms with Gasteiger partial charge in [0.25, 0.3) is 0 Å². The lowest BCUT2D eigenvalue weighted by Gasteiger charge is -2.20. The molecular formula is C15H18N2OS. The Labute approximate surface area is 118 Å². The highest BCUT2D eigenvalue weighted by atomic mass is 32.1. The third kappa shape index (κ3) is 2.13. The molecule has 1 aliphatic heterocycles. The zero-order chi connectivity index (χ0) is 12.8. The van der Waals surface area contributed by atoms with E-state index in [1.807, 2.05) is 30.3 Å². The van der Waals surface area contributed by atoms with Crippen molar-refractivity contribution in [2.75, 3.05) is 11.9 Å². The Morgan fingerprint density at radius 3 is 2.79 bits per heavy atom. The first kappa shape index (κ1) is 11.7. The van der Waals surface area contributed by atoms with Crippen LogP contribution in [0.15, 0.2) is 30.3 Å². The summed E-state index contributed by atoms with van der Waals surface area (Å²) in [6, 6.07) is 10.1. The fourth-order valence-electron chi connectivity index (χ4n) is 3.89. The van der Waals surface area contributed by atoms with Crippen LogP contribution in [0.4, 0.5) is 5.69 Å². The topological polar surface area (TPSA) is 36.6 Å². The number of hydrogen-bond acceptors (Lipinski definition) is 2. The number of nitrogens with one attached hydrogen (secondary N) is 2.